The van der Waals surface area contributed by atoms with Gasteiger partial charge in [0.05, 0.1) is 17.1 Å². The first-order valence-corrected chi connectivity index (χ1v) is 7.46. The van der Waals surface area contributed by atoms with E-state index >= 15 is 0 Å². The topological polar surface area (TPSA) is 86.0 Å². The van der Waals surface area contributed by atoms with Gasteiger partial charge in [-0.1, -0.05) is 0 Å². The normalized spacial score (nSPS) is 10.2. The average Bonchev–Trinajstić information content (AvgIpc) is 3.08. The third-order valence-corrected chi connectivity index (χ3v) is 4.42. The second-order valence-corrected chi connectivity index (χ2v) is 5.98. The Hall–Kier alpha value is -1.08. The van der Waals surface area contributed by atoms with Crippen molar-refractivity contribution in [2.24, 2.45) is 0 Å². The standard InChI is InChI=1S/C15H21BN6.I.Ni/c1-7-13(8(2)18-17-7)16(14-9(3)19-20-10(14)4)15-11(5)21-22-12(15)6;;/h1-6H3,(H,17,18)(H,19,20)(H,21,22);;. The van der Waals surface area contributed by atoms with Gasteiger partial charge in [0.15, 0.2) is 0 Å². The molecule has 1 radical (unpaired) electrons. The molecule has 0 spiro atoms. The molecule has 0 unspecified atom stereocenters. The molecule has 24 heavy (non-hydrogen) atoms. The van der Waals surface area contributed by atoms with Gasteiger partial charge in [0.25, 0.3) is 6.71 Å². The summed E-state index contributed by atoms with van der Waals surface area (Å²) in [4.78, 5) is 0. The van der Waals surface area contributed by atoms with Gasteiger partial charge in [0, 0.05) is 57.5 Å². The van der Waals surface area contributed by atoms with Gasteiger partial charge in [-0.25, -0.2) is 0 Å². The van der Waals surface area contributed by atoms with Crippen molar-refractivity contribution in [1.29, 1.82) is 0 Å². The molecule has 0 aliphatic heterocycles. The van der Waals surface area contributed by atoms with Crippen molar-refractivity contribution < 1.29 is 16.5 Å². The third kappa shape index (κ3) is 3.33. The fourth-order valence-corrected chi connectivity index (χ4v) is 3.39. The van der Waals surface area contributed by atoms with Gasteiger partial charge in [-0.15, -0.1) is 0 Å². The minimum absolute atomic E-state index is 0. The van der Waals surface area contributed by atoms with E-state index in [-0.39, 0.29) is 47.2 Å². The smallest absolute Gasteiger partial charge is 0.255 e. The van der Waals surface area contributed by atoms with Crippen molar-refractivity contribution in [3.8, 4) is 0 Å². The molecule has 131 valence electrons. The maximum absolute atomic E-state index is 4.39. The quantitative estimate of drug-likeness (QED) is 0.387. The first-order chi connectivity index (χ1) is 10.4. The van der Waals surface area contributed by atoms with Crippen molar-refractivity contribution in [1.82, 2.24) is 30.6 Å². The second-order valence-electron chi connectivity index (χ2n) is 5.98. The van der Waals surface area contributed by atoms with E-state index in [1.165, 1.54) is 16.4 Å². The Kier molecular flexibility index (Phi) is 6.87. The summed E-state index contributed by atoms with van der Waals surface area (Å²) in [5, 5.41) is 22.5. The summed E-state index contributed by atoms with van der Waals surface area (Å²) in [5.41, 5.74) is 9.93. The number of nitrogens with one attached hydrogen (secondary N) is 3. The fraction of sp³-hybridized carbons (Fsp3) is 0.400. The van der Waals surface area contributed by atoms with Crippen LogP contribution in [0.4, 0.5) is 0 Å². The first kappa shape index (κ1) is 21.0. The molecule has 9 heteroatoms. The first-order valence-electron chi connectivity index (χ1n) is 7.46. The molecule has 3 N–H and O–H groups in total. The number of nitrogens with zero attached hydrogens (tertiary/aromatic N) is 3. The van der Waals surface area contributed by atoms with Crippen molar-refractivity contribution >= 4 is 47.1 Å². The number of aromatic nitrogens is 6. The largest absolute Gasteiger partial charge is 0.283 e. The summed E-state index contributed by atoms with van der Waals surface area (Å²) in [6, 6.07) is 0. The predicted octanol–water partition coefficient (Wildman–Crippen LogP) is 1.11. The molecule has 0 amide bonds. The summed E-state index contributed by atoms with van der Waals surface area (Å²) in [6.07, 6.45) is 0. The zero-order valence-corrected chi connectivity index (χ0v) is 17.8. The monoisotopic (exact) mass is 481 g/mol. The van der Waals surface area contributed by atoms with Crippen LogP contribution in [0.15, 0.2) is 0 Å². The van der Waals surface area contributed by atoms with Crippen LogP contribution in [-0.2, 0) is 16.5 Å². The van der Waals surface area contributed by atoms with E-state index in [0.29, 0.717) is 0 Å². The third-order valence-electron chi connectivity index (χ3n) is 4.42. The van der Waals surface area contributed by atoms with Gasteiger partial charge in [-0.2, -0.15) is 15.3 Å². The van der Waals surface area contributed by atoms with Crippen molar-refractivity contribution in [2.75, 3.05) is 0 Å². The van der Waals surface area contributed by atoms with Gasteiger partial charge in [0.1, 0.15) is 0 Å². The molecule has 0 aliphatic carbocycles. The molecule has 3 aromatic rings. The summed E-state index contributed by atoms with van der Waals surface area (Å²) >= 11 is 0. The Bertz CT molecular complexity index is 669. The Morgan fingerprint density at radius 2 is 0.833 bits per heavy atom. The molecule has 0 saturated heterocycles. The number of hydrogen-bond acceptors (Lipinski definition) is 3. The van der Waals surface area contributed by atoms with Crippen LogP contribution in [0.5, 0.6) is 0 Å². The Morgan fingerprint density at radius 3 is 1.00 bits per heavy atom. The van der Waals surface area contributed by atoms with E-state index < -0.39 is 0 Å². The number of aryl methyl sites for hydroxylation is 6. The summed E-state index contributed by atoms with van der Waals surface area (Å²) in [6.45, 7) is 12.4. The summed E-state index contributed by atoms with van der Waals surface area (Å²) < 4.78 is 0. The number of H-pyrrole nitrogens is 3. The van der Waals surface area contributed by atoms with Gasteiger partial charge >= 0.3 is 0 Å². The molecule has 0 aliphatic rings. The minimum Gasteiger partial charge on any atom is -0.283 e. The molecule has 0 atom stereocenters. The summed E-state index contributed by atoms with van der Waals surface area (Å²) in [7, 11) is 0. The Labute approximate surface area is 169 Å². The van der Waals surface area contributed by atoms with E-state index in [2.05, 4.69) is 51.4 Å². The molecule has 0 saturated carbocycles. The van der Waals surface area contributed by atoms with E-state index in [0.717, 1.165) is 34.2 Å². The molecule has 3 heterocycles. The number of hydrogen-bond donors (Lipinski definition) is 3. The van der Waals surface area contributed by atoms with E-state index in [4.69, 9.17) is 0 Å². The van der Waals surface area contributed by atoms with Gasteiger partial charge in [0.2, 0.25) is 0 Å². The van der Waals surface area contributed by atoms with Crippen molar-refractivity contribution in [3.05, 3.63) is 34.2 Å². The van der Waals surface area contributed by atoms with Crippen LogP contribution in [0.3, 0.4) is 0 Å². The maximum atomic E-state index is 4.39. The second kappa shape index (κ2) is 7.87. The van der Waals surface area contributed by atoms with Crippen LogP contribution >= 0.6 is 24.0 Å². The Morgan fingerprint density at radius 1 is 0.583 bits per heavy atom. The van der Waals surface area contributed by atoms with E-state index in [1.54, 1.807) is 0 Å². The van der Waals surface area contributed by atoms with E-state index in [9.17, 15) is 0 Å². The Balaban J connectivity index is 0.00000144. The molecular weight excluding hydrogens is 461 g/mol. The predicted molar refractivity (Wildman–Crippen MR) is 103 cm³/mol. The van der Waals surface area contributed by atoms with Crippen molar-refractivity contribution in [2.45, 2.75) is 41.5 Å². The maximum Gasteiger partial charge on any atom is 0.255 e. The summed E-state index contributed by atoms with van der Waals surface area (Å²) in [5.74, 6) is 0. The fourth-order valence-electron chi connectivity index (χ4n) is 3.39. The molecular formula is C15H21BIN6Ni. The molecule has 6 nitrogen and oxygen atoms in total. The molecule has 3 rings (SSSR count). The zero-order valence-electron chi connectivity index (χ0n) is 14.6. The van der Waals surface area contributed by atoms with E-state index in [1.807, 2.05) is 20.8 Å². The van der Waals surface area contributed by atoms with Crippen LogP contribution in [0, 0.1) is 41.5 Å². The number of aromatic amines is 3. The molecule has 0 fully saturated rings. The van der Waals surface area contributed by atoms with Crippen molar-refractivity contribution in [3.63, 3.8) is 0 Å². The SMILES string of the molecule is Cc1n[nH]c(C)c1B(c1c(C)n[nH]c1C)c1c(C)n[nH]c1C.[I].[Ni]. The van der Waals surface area contributed by atoms with Crippen LogP contribution in [0.25, 0.3) is 0 Å². The van der Waals surface area contributed by atoms with Crippen LogP contribution in [-0.4, -0.2) is 37.3 Å². The zero-order chi connectivity index (χ0) is 16.0. The van der Waals surface area contributed by atoms with Gasteiger partial charge in [-0.05, 0) is 57.9 Å². The van der Waals surface area contributed by atoms with Crippen LogP contribution < -0.4 is 16.4 Å². The van der Waals surface area contributed by atoms with Gasteiger partial charge < -0.3 is 0 Å². The minimum atomic E-state index is 0. The molecule has 0 bridgehead atoms. The average molecular weight is 482 g/mol. The van der Waals surface area contributed by atoms with Crippen LogP contribution in [0.1, 0.15) is 34.2 Å². The van der Waals surface area contributed by atoms with Gasteiger partial charge in [-0.3, -0.25) is 15.3 Å². The number of rotatable bonds is 3. The van der Waals surface area contributed by atoms with Crippen LogP contribution in [0.2, 0.25) is 0 Å². The number of halogens is 1. The molecule has 3 aromatic heterocycles. The molecule has 0 aromatic carbocycles.